The maximum Gasteiger partial charge on any atom is 0.231 e. The fourth-order valence-electron chi connectivity index (χ4n) is 3.80. The summed E-state index contributed by atoms with van der Waals surface area (Å²) in [7, 11) is 1.55. The van der Waals surface area contributed by atoms with Crippen molar-refractivity contribution in [2.24, 2.45) is 15.9 Å². The van der Waals surface area contributed by atoms with Gasteiger partial charge in [0, 0.05) is 48.2 Å². The molecule has 1 aliphatic carbocycles. The first-order chi connectivity index (χ1) is 15.8. The zero-order valence-electron chi connectivity index (χ0n) is 18.1. The Balaban J connectivity index is 1.69. The number of fused-ring (bicyclic) bond motifs is 1. The lowest BCUT2D eigenvalue weighted by Crippen LogP contribution is -2.27. The maximum atomic E-state index is 15.4. The van der Waals surface area contributed by atoms with Crippen molar-refractivity contribution >= 4 is 47.0 Å². The zero-order valence-corrected chi connectivity index (χ0v) is 18.9. The number of carbonyl (C=O) groups excluding carboxylic acids is 1. The Morgan fingerprint density at radius 1 is 1.58 bits per heavy atom. The summed E-state index contributed by atoms with van der Waals surface area (Å²) in [4.78, 5) is 21.9. The van der Waals surface area contributed by atoms with E-state index in [0.717, 1.165) is 0 Å². The number of amides is 1. The molecule has 33 heavy (non-hydrogen) atoms. The Morgan fingerprint density at radius 2 is 2.33 bits per heavy atom. The number of ether oxygens (including phenoxy) is 1. The molecule has 2 aliphatic rings. The van der Waals surface area contributed by atoms with Gasteiger partial charge in [-0.1, -0.05) is 18.5 Å². The number of hydrogen-bond acceptors (Lipinski definition) is 6. The van der Waals surface area contributed by atoms with Crippen molar-refractivity contribution in [1.29, 1.82) is 0 Å². The van der Waals surface area contributed by atoms with E-state index in [4.69, 9.17) is 16.3 Å². The molecule has 2 N–H and O–H groups in total. The molecule has 11 heteroatoms. The highest BCUT2D eigenvalue weighted by molar-refractivity contribution is 6.34. The van der Waals surface area contributed by atoms with Crippen LogP contribution in [0, 0.1) is 11.7 Å². The van der Waals surface area contributed by atoms with Crippen molar-refractivity contribution in [3.05, 3.63) is 46.4 Å². The minimum Gasteiger partial charge on any atom is -0.384 e. The lowest BCUT2D eigenvalue weighted by Gasteiger charge is -2.22. The second-order valence-electron chi connectivity index (χ2n) is 7.97. The number of nitrogens with one attached hydrogen (secondary N) is 2. The van der Waals surface area contributed by atoms with E-state index < -0.39 is 23.8 Å². The molecular weight excluding hydrogens is 454 g/mol. The quantitative estimate of drug-likeness (QED) is 0.567. The van der Waals surface area contributed by atoms with Crippen molar-refractivity contribution in [3.8, 4) is 0 Å². The molecule has 1 aromatic heterocycles. The fourth-order valence-corrected chi connectivity index (χ4v) is 4.10. The number of methoxy groups -OCH3 is 1. The highest BCUT2D eigenvalue weighted by Crippen LogP contribution is 2.40. The summed E-state index contributed by atoms with van der Waals surface area (Å²) in [6.45, 7) is 5.98. The highest BCUT2D eigenvalue weighted by Gasteiger charge is 2.43. The third kappa shape index (κ3) is 4.53. The van der Waals surface area contributed by atoms with Gasteiger partial charge in [-0.25, -0.2) is 13.8 Å². The number of nitrogens with zero attached hydrogens (tertiary/aromatic N) is 4. The number of hydrogen-bond donors (Lipinski definition) is 2. The monoisotopic (exact) mass is 476 g/mol. The Kier molecular flexibility index (Phi) is 6.57. The molecule has 4 rings (SSSR count). The number of alkyl halides is 1. The maximum absolute atomic E-state index is 15.4. The van der Waals surface area contributed by atoms with E-state index >= 15 is 4.39 Å². The van der Waals surface area contributed by atoms with Gasteiger partial charge in [0.1, 0.15) is 17.8 Å². The molecule has 0 unspecified atom stereocenters. The van der Waals surface area contributed by atoms with E-state index in [0.29, 0.717) is 40.9 Å². The zero-order chi connectivity index (χ0) is 23.7. The van der Waals surface area contributed by atoms with Gasteiger partial charge in [-0.2, -0.15) is 5.10 Å². The van der Waals surface area contributed by atoms with Gasteiger partial charge in [0.15, 0.2) is 0 Å². The molecule has 3 atom stereocenters. The average molecular weight is 477 g/mol. The Labute approximate surface area is 194 Å². The molecule has 1 saturated carbocycles. The number of benzene rings is 1. The van der Waals surface area contributed by atoms with Crippen LogP contribution in [0.3, 0.4) is 0 Å². The summed E-state index contributed by atoms with van der Waals surface area (Å²) in [5.74, 6) is -1.75. The van der Waals surface area contributed by atoms with Crippen LogP contribution in [0.25, 0.3) is 16.6 Å². The van der Waals surface area contributed by atoms with E-state index in [1.54, 1.807) is 30.6 Å². The van der Waals surface area contributed by atoms with Crippen LogP contribution in [0.2, 0.25) is 5.02 Å². The van der Waals surface area contributed by atoms with Crippen LogP contribution >= 0.6 is 11.6 Å². The Bertz CT molecular complexity index is 1190. The number of H-pyrrole nitrogens is 1. The van der Waals surface area contributed by atoms with Crippen LogP contribution in [0.1, 0.15) is 30.4 Å². The van der Waals surface area contributed by atoms with Crippen molar-refractivity contribution < 1.29 is 18.3 Å². The summed E-state index contributed by atoms with van der Waals surface area (Å²) >= 11 is 6.49. The molecule has 2 aromatic rings. The van der Waals surface area contributed by atoms with Crippen LogP contribution in [-0.4, -0.2) is 60.4 Å². The SMILES string of the molecule is C=N/C(=C\N1C=C(c2c(Cl)c(F)c([C@H](C)COC)c3[nH]ncc23)N=CC1)NC(=O)[C@@H]1C[C@@H]1F. The van der Waals surface area contributed by atoms with Gasteiger partial charge >= 0.3 is 0 Å². The summed E-state index contributed by atoms with van der Waals surface area (Å²) < 4.78 is 33.7. The summed E-state index contributed by atoms with van der Waals surface area (Å²) in [5.41, 5.74) is 1.70. The van der Waals surface area contributed by atoms with Crippen LogP contribution < -0.4 is 5.32 Å². The molecule has 0 radical (unpaired) electrons. The second-order valence-corrected chi connectivity index (χ2v) is 8.35. The number of aromatic nitrogens is 2. The van der Waals surface area contributed by atoms with Crippen LogP contribution in [0.5, 0.6) is 0 Å². The number of carbonyl (C=O) groups is 1. The van der Waals surface area contributed by atoms with Gasteiger partial charge in [-0.15, -0.1) is 0 Å². The third-order valence-corrected chi connectivity index (χ3v) is 5.92. The average Bonchev–Trinajstić information content (AvgIpc) is 3.34. The van der Waals surface area contributed by atoms with Crippen molar-refractivity contribution in [2.75, 3.05) is 20.3 Å². The number of aromatic amines is 1. The van der Waals surface area contributed by atoms with Gasteiger partial charge in [0.2, 0.25) is 5.91 Å². The van der Waals surface area contributed by atoms with E-state index in [9.17, 15) is 9.18 Å². The number of halogens is 3. The Morgan fingerprint density at radius 3 is 3.00 bits per heavy atom. The molecule has 1 amide bonds. The summed E-state index contributed by atoms with van der Waals surface area (Å²) in [6, 6.07) is 0. The first-order valence-corrected chi connectivity index (χ1v) is 10.7. The van der Waals surface area contributed by atoms with Crippen LogP contribution in [0.15, 0.2) is 34.4 Å². The third-order valence-electron chi connectivity index (χ3n) is 5.56. The molecule has 1 aliphatic heterocycles. The fraction of sp³-hybridized carbons (Fsp3) is 0.364. The molecule has 2 heterocycles. The number of rotatable bonds is 8. The molecule has 174 valence electrons. The lowest BCUT2D eigenvalue weighted by molar-refractivity contribution is -0.122. The summed E-state index contributed by atoms with van der Waals surface area (Å²) in [5, 5.41) is 10.1. The van der Waals surface area contributed by atoms with E-state index in [1.807, 2.05) is 6.92 Å². The molecule has 8 nitrogen and oxygen atoms in total. The van der Waals surface area contributed by atoms with E-state index in [-0.39, 0.29) is 23.2 Å². The van der Waals surface area contributed by atoms with Crippen molar-refractivity contribution in [1.82, 2.24) is 20.4 Å². The van der Waals surface area contributed by atoms with Gasteiger partial charge in [0.05, 0.1) is 41.5 Å². The smallest absolute Gasteiger partial charge is 0.231 e. The minimum absolute atomic E-state index is 0.0748. The summed E-state index contributed by atoms with van der Waals surface area (Å²) in [6.07, 6.45) is 5.47. The van der Waals surface area contributed by atoms with Gasteiger partial charge in [-0.3, -0.25) is 14.9 Å². The Hall–Kier alpha value is -3.11. The topological polar surface area (TPSA) is 95.0 Å². The van der Waals surface area contributed by atoms with E-state index in [2.05, 4.69) is 32.2 Å². The standard InChI is InChI=1S/C22H23ClF2N6O2/c1-11(10-33-3)17-20(25)19(23)18(13-7-28-30-21(13)17)15-8-31(5-4-27-15)9-16(26-2)29-22(32)12-6-14(12)24/h4,7-9,11-12,14H,2,5-6,10H2,1,3H3,(H,28,30)(H,29,32)/b16-9+/t11-,12-,14+/m1/s1. The first kappa shape index (κ1) is 23.1. The van der Waals surface area contributed by atoms with Crippen molar-refractivity contribution in [2.45, 2.75) is 25.4 Å². The predicted molar refractivity (Wildman–Crippen MR) is 123 cm³/mol. The van der Waals surface area contributed by atoms with Crippen molar-refractivity contribution in [3.63, 3.8) is 0 Å². The van der Waals surface area contributed by atoms with E-state index in [1.165, 1.54) is 6.20 Å². The van der Waals surface area contributed by atoms with Gasteiger partial charge in [0.25, 0.3) is 0 Å². The normalized spacial score (nSPS) is 21.2. The molecule has 1 aromatic carbocycles. The lowest BCUT2D eigenvalue weighted by atomic mass is 9.95. The van der Waals surface area contributed by atoms with Gasteiger partial charge in [-0.05, 0) is 13.1 Å². The minimum atomic E-state index is -1.12. The highest BCUT2D eigenvalue weighted by atomic mass is 35.5. The largest absolute Gasteiger partial charge is 0.384 e. The first-order valence-electron chi connectivity index (χ1n) is 10.3. The van der Waals surface area contributed by atoms with Crippen LogP contribution in [-0.2, 0) is 9.53 Å². The number of aliphatic imine (C=N–C) groups is 2. The molecule has 1 fully saturated rings. The predicted octanol–water partition coefficient (Wildman–Crippen LogP) is 3.76. The van der Waals surface area contributed by atoms with Crippen LogP contribution in [0.4, 0.5) is 8.78 Å². The van der Waals surface area contributed by atoms with Gasteiger partial charge < -0.3 is 15.0 Å². The molecule has 0 bridgehead atoms. The molecule has 0 saturated heterocycles. The molecular formula is C22H23ClF2N6O2. The molecule has 0 spiro atoms. The second kappa shape index (κ2) is 9.40.